The molecular formula is C16H13N3O2. The van der Waals surface area contributed by atoms with Crippen molar-refractivity contribution in [3.05, 3.63) is 59.7 Å². The molecule has 2 aromatic carbocycles. The summed E-state index contributed by atoms with van der Waals surface area (Å²) in [6.45, 7) is 1.93. The van der Waals surface area contributed by atoms with Crippen LogP contribution >= 0.6 is 0 Å². The average Bonchev–Trinajstić information content (AvgIpc) is 2.50. The smallest absolute Gasteiger partial charge is 0.314 e. The molecule has 0 saturated carbocycles. The van der Waals surface area contributed by atoms with E-state index in [1.54, 1.807) is 36.4 Å². The van der Waals surface area contributed by atoms with E-state index in [1.165, 1.54) is 0 Å². The van der Waals surface area contributed by atoms with Crippen molar-refractivity contribution < 1.29 is 9.59 Å². The number of benzene rings is 2. The van der Waals surface area contributed by atoms with E-state index in [-0.39, 0.29) is 0 Å². The highest BCUT2D eigenvalue weighted by molar-refractivity contribution is 6.43. The molecule has 0 aliphatic heterocycles. The maximum atomic E-state index is 11.8. The van der Waals surface area contributed by atoms with Crippen molar-refractivity contribution >= 4 is 23.2 Å². The Balaban J connectivity index is 2.05. The van der Waals surface area contributed by atoms with E-state index in [1.807, 2.05) is 25.1 Å². The van der Waals surface area contributed by atoms with Crippen molar-refractivity contribution in [1.82, 2.24) is 0 Å². The van der Waals surface area contributed by atoms with Crippen LogP contribution in [0.2, 0.25) is 0 Å². The summed E-state index contributed by atoms with van der Waals surface area (Å²) in [6.07, 6.45) is 0. The third kappa shape index (κ3) is 3.67. The molecule has 0 aliphatic rings. The third-order valence-electron chi connectivity index (χ3n) is 2.81. The first kappa shape index (κ1) is 14.3. The molecule has 0 aliphatic carbocycles. The fraction of sp³-hybridized carbons (Fsp3) is 0.0625. The Kier molecular flexibility index (Phi) is 4.32. The first-order valence-corrected chi connectivity index (χ1v) is 6.28. The van der Waals surface area contributed by atoms with Gasteiger partial charge in [-0.1, -0.05) is 29.8 Å². The molecule has 0 radical (unpaired) electrons. The highest BCUT2D eigenvalue weighted by atomic mass is 16.2. The zero-order chi connectivity index (χ0) is 15.2. The van der Waals surface area contributed by atoms with Gasteiger partial charge < -0.3 is 10.6 Å². The van der Waals surface area contributed by atoms with Crippen molar-refractivity contribution in [2.45, 2.75) is 6.92 Å². The third-order valence-corrected chi connectivity index (χ3v) is 2.81. The lowest BCUT2D eigenvalue weighted by atomic mass is 10.2. The summed E-state index contributed by atoms with van der Waals surface area (Å²) in [5.74, 6) is -1.61. The van der Waals surface area contributed by atoms with Gasteiger partial charge in [0.15, 0.2) is 0 Å². The molecule has 2 amide bonds. The lowest BCUT2D eigenvalue weighted by Gasteiger charge is -2.07. The molecule has 2 aromatic rings. The number of aryl methyl sites for hydroxylation is 1. The number of rotatable bonds is 2. The van der Waals surface area contributed by atoms with Gasteiger partial charge >= 0.3 is 11.8 Å². The first-order chi connectivity index (χ1) is 10.1. The SMILES string of the molecule is Cc1ccc(NC(=O)C(=O)Nc2ccccc2C#N)cc1. The molecular weight excluding hydrogens is 266 g/mol. The minimum atomic E-state index is -0.821. The van der Waals surface area contributed by atoms with Gasteiger partial charge in [-0.3, -0.25) is 9.59 Å². The van der Waals surface area contributed by atoms with E-state index in [0.29, 0.717) is 16.9 Å². The van der Waals surface area contributed by atoms with Crippen molar-refractivity contribution in [2.75, 3.05) is 10.6 Å². The lowest BCUT2D eigenvalue weighted by molar-refractivity contribution is -0.133. The highest BCUT2D eigenvalue weighted by Crippen LogP contribution is 2.14. The van der Waals surface area contributed by atoms with Gasteiger partial charge in [0.05, 0.1) is 11.3 Å². The van der Waals surface area contributed by atoms with Crippen molar-refractivity contribution in [3.8, 4) is 6.07 Å². The van der Waals surface area contributed by atoms with Crippen LogP contribution in [0.5, 0.6) is 0 Å². The second kappa shape index (κ2) is 6.35. The van der Waals surface area contributed by atoms with Crippen molar-refractivity contribution in [1.29, 1.82) is 5.26 Å². The fourth-order valence-corrected chi connectivity index (χ4v) is 1.69. The molecule has 0 bridgehead atoms. The topological polar surface area (TPSA) is 82.0 Å². The molecule has 0 aromatic heterocycles. The van der Waals surface area contributed by atoms with Gasteiger partial charge in [-0.15, -0.1) is 0 Å². The Labute approximate surface area is 122 Å². The predicted octanol–water partition coefficient (Wildman–Crippen LogP) is 2.44. The summed E-state index contributed by atoms with van der Waals surface area (Å²) in [5.41, 5.74) is 2.20. The maximum absolute atomic E-state index is 11.8. The van der Waals surface area contributed by atoms with Gasteiger partial charge in [0.2, 0.25) is 0 Å². The average molecular weight is 279 g/mol. The van der Waals surface area contributed by atoms with Crippen LogP contribution in [-0.2, 0) is 9.59 Å². The summed E-state index contributed by atoms with van der Waals surface area (Å²) >= 11 is 0. The van der Waals surface area contributed by atoms with Gasteiger partial charge in [0.25, 0.3) is 0 Å². The number of carbonyl (C=O) groups excluding carboxylic acids is 2. The second-order valence-electron chi connectivity index (χ2n) is 4.43. The highest BCUT2D eigenvalue weighted by Gasteiger charge is 2.15. The molecule has 0 atom stereocenters. The fourth-order valence-electron chi connectivity index (χ4n) is 1.69. The largest absolute Gasteiger partial charge is 0.318 e. The molecule has 2 rings (SSSR count). The van der Waals surface area contributed by atoms with Gasteiger partial charge in [0.1, 0.15) is 6.07 Å². The van der Waals surface area contributed by atoms with Gasteiger partial charge in [-0.25, -0.2) is 0 Å². The molecule has 21 heavy (non-hydrogen) atoms. The van der Waals surface area contributed by atoms with E-state index in [0.717, 1.165) is 5.56 Å². The van der Waals surface area contributed by atoms with E-state index < -0.39 is 11.8 Å². The normalized spacial score (nSPS) is 9.52. The quantitative estimate of drug-likeness (QED) is 0.828. The molecule has 0 heterocycles. The minimum Gasteiger partial charge on any atom is -0.318 e. The Bertz CT molecular complexity index is 715. The second-order valence-corrected chi connectivity index (χ2v) is 4.43. The van der Waals surface area contributed by atoms with Crippen LogP contribution < -0.4 is 10.6 Å². The van der Waals surface area contributed by atoms with E-state index in [4.69, 9.17) is 5.26 Å². The minimum absolute atomic E-state index is 0.300. The van der Waals surface area contributed by atoms with E-state index in [2.05, 4.69) is 10.6 Å². The predicted molar refractivity (Wildman–Crippen MR) is 79.6 cm³/mol. The summed E-state index contributed by atoms with van der Waals surface area (Å²) in [5, 5.41) is 13.8. The molecule has 2 N–H and O–H groups in total. The Morgan fingerprint density at radius 2 is 1.57 bits per heavy atom. The molecule has 0 saturated heterocycles. The molecule has 104 valence electrons. The van der Waals surface area contributed by atoms with Crippen LogP contribution in [0.4, 0.5) is 11.4 Å². The molecule has 5 nitrogen and oxygen atoms in total. The molecule has 0 unspecified atom stereocenters. The van der Waals surface area contributed by atoms with Crippen LogP contribution in [0, 0.1) is 18.3 Å². The maximum Gasteiger partial charge on any atom is 0.314 e. The zero-order valence-electron chi connectivity index (χ0n) is 11.4. The van der Waals surface area contributed by atoms with Crippen LogP contribution in [0.1, 0.15) is 11.1 Å². The number of nitrogens with zero attached hydrogens (tertiary/aromatic N) is 1. The lowest BCUT2D eigenvalue weighted by Crippen LogP contribution is -2.29. The van der Waals surface area contributed by atoms with Crippen LogP contribution in [-0.4, -0.2) is 11.8 Å². The van der Waals surface area contributed by atoms with Crippen LogP contribution in [0.25, 0.3) is 0 Å². The number of hydrogen-bond donors (Lipinski definition) is 2. The van der Waals surface area contributed by atoms with Gasteiger partial charge in [-0.2, -0.15) is 5.26 Å². The van der Waals surface area contributed by atoms with E-state index >= 15 is 0 Å². The Morgan fingerprint density at radius 1 is 0.952 bits per heavy atom. The Hall–Kier alpha value is -3.13. The molecule has 0 fully saturated rings. The van der Waals surface area contributed by atoms with Crippen molar-refractivity contribution in [3.63, 3.8) is 0 Å². The number of nitrogens with one attached hydrogen (secondary N) is 2. The standard InChI is InChI=1S/C16H13N3O2/c1-11-6-8-13(9-7-11)18-15(20)16(21)19-14-5-3-2-4-12(14)10-17/h2-9H,1H3,(H,18,20)(H,19,21). The number of para-hydroxylation sites is 1. The zero-order valence-corrected chi connectivity index (χ0v) is 11.4. The number of amides is 2. The summed E-state index contributed by atoms with van der Waals surface area (Å²) in [6, 6.07) is 15.5. The number of nitriles is 1. The van der Waals surface area contributed by atoms with Crippen molar-refractivity contribution in [2.24, 2.45) is 0 Å². The Morgan fingerprint density at radius 3 is 2.24 bits per heavy atom. The summed E-state index contributed by atoms with van der Waals surface area (Å²) in [4.78, 5) is 23.6. The van der Waals surface area contributed by atoms with Crippen LogP contribution in [0.15, 0.2) is 48.5 Å². The van der Waals surface area contributed by atoms with E-state index in [9.17, 15) is 9.59 Å². The first-order valence-electron chi connectivity index (χ1n) is 6.28. The monoisotopic (exact) mass is 279 g/mol. The molecule has 0 spiro atoms. The number of anilines is 2. The molecule has 5 heteroatoms. The number of hydrogen-bond acceptors (Lipinski definition) is 3. The summed E-state index contributed by atoms with van der Waals surface area (Å²) < 4.78 is 0. The number of carbonyl (C=O) groups is 2. The summed E-state index contributed by atoms with van der Waals surface area (Å²) in [7, 11) is 0. The van der Waals surface area contributed by atoms with Gasteiger partial charge in [-0.05, 0) is 31.2 Å². The van der Waals surface area contributed by atoms with Gasteiger partial charge in [0, 0.05) is 5.69 Å². The van der Waals surface area contributed by atoms with Crippen LogP contribution in [0.3, 0.4) is 0 Å².